The van der Waals surface area contributed by atoms with Crippen LogP contribution in [0.25, 0.3) is 0 Å². The maximum absolute atomic E-state index is 11.6. The summed E-state index contributed by atoms with van der Waals surface area (Å²) in [4.78, 5) is 23.7. The molecule has 2 saturated heterocycles. The maximum Gasteiger partial charge on any atom is 0.409 e. The number of carbonyl (C=O) groups is 1. The van der Waals surface area contributed by atoms with Crippen LogP contribution >= 0.6 is 0 Å². The number of nitrogens with one attached hydrogen (secondary N) is 1. The molecule has 2 bridgehead atoms. The highest BCUT2D eigenvalue weighted by molar-refractivity contribution is 5.70. The molecule has 112 valence electrons. The first kappa shape index (κ1) is 13.7. The minimum atomic E-state index is -0.955. The summed E-state index contributed by atoms with van der Waals surface area (Å²) in [5.41, 5.74) is -0.344. The fraction of sp³-hybridized carbons (Fsp3) is 0.500. The largest absolute Gasteiger partial charge is 0.465 e. The maximum atomic E-state index is 11.6. The Hall–Kier alpha value is -2.31. The summed E-state index contributed by atoms with van der Waals surface area (Å²) in [6.07, 6.45) is 3.02. The van der Waals surface area contributed by atoms with Gasteiger partial charge in [0.25, 0.3) is 5.69 Å². The molecule has 2 aliphatic rings. The molecule has 0 saturated carbocycles. The van der Waals surface area contributed by atoms with E-state index < -0.39 is 16.7 Å². The predicted molar refractivity (Wildman–Crippen MR) is 76.2 cm³/mol. The molecule has 2 heterocycles. The van der Waals surface area contributed by atoms with E-state index in [0.29, 0.717) is 18.5 Å². The molecule has 0 spiro atoms. The summed E-state index contributed by atoms with van der Waals surface area (Å²) in [7, 11) is 0. The number of nitro benzene ring substituents is 1. The van der Waals surface area contributed by atoms with Crippen molar-refractivity contribution in [1.82, 2.24) is 4.90 Å². The molecule has 21 heavy (non-hydrogen) atoms. The highest BCUT2D eigenvalue weighted by Gasteiger charge is 2.51. The number of rotatable bonds is 3. The van der Waals surface area contributed by atoms with E-state index >= 15 is 0 Å². The van der Waals surface area contributed by atoms with E-state index in [1.807, 2.05) is 0 Å². The van der Waals surface area contributed by atoms with Crippen molar-refractivity contribution in [3.8, 4) is 0 Å². The first-order valence-corrected chi connectivity index (χ1v) is 7.07. The lowest BCUT2D eigenvalue weighted by Gasteiger charge is -2.44. The lowest BCUT2D eigenvalue weighted by Crippen LogP contribution is -2.57. The van der Waals surface area contributed by atoms with Gasteiger partial charge in [-0.2, -0.15) is 0 Å². The van der Waals surface area contributed by atoms with Gasteiger partial charge < -0.3 is 10.4 Å². The molecule has 1 aromatic rings. The number of fused-ring (bicyclic) bond motifs is 2. The number of nitrogens with zero attached hydrogens (tertiary/aromatic N) is 2. The molecule has 7 nitrogen and oxygen atoms in total. The average molecular weight is 291 g/mol. The standard InChI is InChI=1S/C14H17N3O4/c18-13(19)16-10-4-3-8-14(16,9-7-10)15-11-5-1-2-6-12(11)17(20)21/h1-2,5-6,10,15H,3-4,7-9H2,(H,18,19). The summed E-state index contributed by atoms with van der Waals surface area (Å²) in [5, 5.41) is 23.8. The van der Waals surface area contributed by atoms with Crippen molar-refractivity contribution in [2.24, 2.45) is 0 Å². The smallest absolute Gasteiger partial charge is 0.409 e. The Labute approximate surface area is 121 Å². The molecule has 7 heteroatoms. The summed E-state index contributed by atoms with van der Waals surface area (Å²) in [5.74, 6) is 0. The van der Waals surface area contributed by atoms with Crippen LogP contribution in [0.3, 0.4) is 0 Å². The minimum Gasteiger partial charge on any atom is -0.465 e. The van der Waals surface area contributed by atoms with Crippen LogP contribution in [0.4, 0.5) is 16.2 Å². The third-order valence-corrected chi connectivity index (χ3v) is 4.52. The molecule has 2 atom stereocenters. The Morgan fingerprint density at radius 3 is 2.86 bits per heavy atom. The SMILES string of the molecule is O=C(O)N1C2CCCC1(Nc1ccccc1[N+](=O)[O-])CC2. The Morgan fingerprint density at radius 1 is 1.38 bits per heavy atom. The van der Waals surface area contributed by atoms with Crippen LogP contribution in [0.1, 0.15) is 32.1 Å². The molecule has 0 aromatic heterocycles. The summed E-state index contributed by atoms with van der Waals surface area (Å²) < 4.78 is 0. The summed E-state index contributed by atoms with van der Waals surface area (Å²) >= 11 is 0. The molecule has 2 N–H and O–H groups in total. The third kappa shape index (κ3) is 2.18. The number of hydrogen-bond acceptors (Lipinski definition) is 4. The number of para-hydroxylation sites is 2. The van der Waals surface area contributed by atoms with Gasteiger partial charge in [0.15, 0.2) is 0 Å². The lowest BCUT2D eigenvalue weighted by molar-refractivity contribution is -0.384. The number of hydrogen-bond donors (Lipinski definition) is 2. The Bertz CT molecular complexity index is 587. The van der Waals surface area contributed by atoms with Crippen LogP contribution in [0.5, 0.6) is 0 Å². The fourth-order valence-electron chi connectivity index (χ4n) is 3.67. The Balaban J connectivity index is 1.96. The number of piperidine rings is 1. The van der Waals surface area contributed by atoms with Crippen LogP contribution in [0, 0.1) is 10.1 Å². The van der Waals surface area contributed by atoms with Crippen LogP contribution in [-0.4, -0.2) is 32.7 Å². The van der Waals surface area contributed by atoms with E-state index in [2.05, 4.69) is 5.32 Å². The van der Waals surface area contributed by atoms with E-state index in [9.17, 15) is 20.0 Å². The fourth-order valence-corrected chi connectivity index (χ4v) is 3.67. The molecular weight excluding hydrogens is 274 g/mol. The quantitative estimate of drug-likeness (QED) is 0.659. The molecule has 0 aliphatic carbocycles. The zero-order chi connectivity index (χ0) is 15.0. The average Bonchev–Trinajstić information content (AvgIpc) is 2.66. The second kappa shape index (κ2) is 4.91. The highest BCUT2D eigenvalue weighted by Crippen LogP contribution is 2.45. The topological polar surface area (TPSA) is 95.7 Å². The molecule has 2 fully saturated rings. The van der Waals surface area contributed by atoms with Crippen molar-refractivity contribution in [2.45, 2.75) is 43.8 Å². The molecule has 3 rings (SSSR count). The van der Waals surface area contributed by atoms with E-state index in [-0.39, 0.29) is 11.7 Å². The Kier molecular flexibility index (Phi) is 3.19. The second-order valence-electron chi connectivity index (χ2n) is 5.67. The van der Waals surface area contributed by atoms with Gasteiger partial charge in [-0.15, -0.1) is 0 Å². The van der Waals surface area contributed by atoms with Crippen molar-refractivity contribution >= 4 is 17.5 Å². The first-order valence-electron chi connectivity index (χ1n) is 7.07. The van der Waals surface area contributed by atoms with Crippen molar-refractivity contribution in [2.75, 3.05) is 5.32 Å². The Morgan fingerprint density at radius 2 is 2.14 bits per heavy atom. The van der Waals surface area contributed by atoms with Crippen molar-refractivity contribution in [3.05, 3.63) is 34.4 Å². The molecule has 0 radical (unpaired) electrons. The number of amides is 1. The molecule has 2 aliphatic heterocycles. The van der Waals surface area contributed by atoms with Crippen LogP contribution in [-0.2, 0) is 0 Å². The van der Waals surface area contributed by atoms with Crippen molar-refractivity contribution < 1.29 is 14.8 Å². The van der Waals surface area contributed by atoms with Gasteiger partial charge in [-0.1, -0.05) is 12.1 Å². The van der Waals surface area contributed by atoms with Crippen LogP contribution in [0.2, 0.25) is 0 Å². The van der Waals surface area contributed by atoms with Gasteiger partial charge in [-0.05, 0) is 38.2 Å². The number of carboxylic acid groups (broad SMARTS) is 1. The van der Waals surface area contributed by atoms with Crippen molar-refractivity contribution in [1.29, 1.82) is 0 Å². The monoisotopic (exact) mass is 291 g/mol. The molecule has 1 aromatic carbocycles. The molecular formula is C14H17N3O4. The lowest BCUT2D eigenvalue weighted by atomic mass is 9.96. The van der Waals surface area contributed by atoms with Crippen LogP contribution < -0.4 is 5.32 Å². The predicted octanol–water partition coefficient (Wildman–Crippen LogP) is 3.03. The van der Waals surface area contributed by atoms with Gasteiger partial charge in [-0.3, -0.25) is 15.0 Å². The summed E-state index contributed by atoms with van der Waals surface area (Å²) in [6.45, 7) is 0. The minimum absolute atomic E-state index is 0.0199. The van der Waals surface area contributed by atoms with Gasteiger partial charge >= 0.3 is 6.09 Å². The van der Waals surface area contributed by atoms with Crippen LogP contribution in [0.15, 0.2) is 24.3 Å². The number of benzene rings is 1. The van der Waals surface area contributed by atoms with E-state index in [0.717, 1.165) is 19.3 Å². The van der Waals surface area contributed by atoms with E-state index in [1.54, 1.807) is 18.2 Å². The van der Waals surface area contributed by atoms with Crippen molar-refractivity contribution in [3.63, 3.8) is 0 Å². The molecule has 1 amide bonds. The third-order valence-electron chi connectivity index (χ3n) is 4.52. The number of nitro groups is 1. The zero-order valence-electron chi connectivity index (χ0n) is 11.5. The van der Waals surface area contributed by atoms with Gasteiger partial charge in [0, 0.05) is 12.1 Å². The van der Waals surface area contributed by atoms with Gasteiger partial charge in [0.1, 0.15) is 11.4 Å². The van der Waals surface area contributed by atoms with E-state index in [1.165, 1.54) is 11.0 Å². The van der Waals surface area contributed by atoms with Gasteiger partial charge in [0.2, 0.25) is 0 Å². The zero-order valence-corrected chi connectivity index (χ0v) is 11.5. The van der Waals surface area contributed by atoms with Gasteiger partial charge in [0.05, 0.1) is 4.92 Å². The van der Waals surface area contributed by atoms with E-state index in [4.69, 9.17) is 0 Å². The molecule has 2 unspecified atom stereocenters. The highest BCUT2D eigenvalue weighted by atomic mass is 16.6. The first-order chi connectivity index (χ1) is 10.0. The normalized spacial score (nSPS) is 27.4. The second-order valence-corrected chi connectivity index (χ2v) is 5.67. The number of anilines is 1. The van der Waals surface area contributed by atoms with Gasteiger partial charge in [-0.25, -0.2) is 4.79 Å². The summed E-state index contributed by atoms with van der Waals surface area (Å²) in [6, 6.07) is 6.40.